The van der Waals surface area contributed by atoms with E-state index in [4.69, 9.17) is 0 Å². The van der Waals surface area contributed by atoms with Gasteiger partial charge in [0, 0.05) is 16.7 Å². The first kappa shape index (κ1) is 22.5. The molecule has 0 aliphatic carbocycles. The highest BCUT2D eigenvalue weighted by Gasteiger charge is 2.49. The largest absolute Gasteiger partial charge is 0.385 e. The molecule has 174 valence electrons. The van der Waals surface area contributed by atoms with Crippen LogP contribution in [-0.2, 0) is 7.05 Å². The number of imidazole rings is 1. The molecule has 2 fully saturated rings. The van der Waals surface area contributed by atoms with Gasteiger partial charge in [-0.15, -0.1) is 0 Å². The zero-order valence-electron chi connectivity index (χ0n) is 18.0. The van der Waals surface area contributed by atoms with Crippen molar-refractivity contribution in [3.8, 4) is 0 Å². The number of rotatable bonds is 4. The number of nitrogens with one attached hydrogen (secondary N) is 2. The van der Waals surface area contributed by atoms with Crippen molar-refractivity contribution in [2.45, 2.75) is 30.9 Å². The Kier molecular flexibility index (Phi) is 5.78. The van der Waals surface area contributed by atoms with E-state index in [9.17, 15) is 14.3 Å². The van der Waals surface area contributed by atoms with Crippen LogP contribution >= 0.6 is 22.6 Å². The number of aryl methyl sites for hydroxylation is 1. The molecular formula is C23H24F2IN5O2. The van der Waals surface area contributed by atoms with E-state index in [1.165, 1.54) is 34.0 Å². The van der Waals surface area contributed by atoms with Crippen LogP contribution in [-0.4, -0.2) is 56.7 Å². The molecule has 0 bridgehead atoms. The van der Waals surface area contributed by atoms with Crippen LogP contribution < -0.4 is 10.6 Å². The normalized spacial score (nSPS) is 20.0. The molecule has 7 nitrogen and oxygen atoms in total. The van der Waals surface area contributed by atoms with Crippen molar-refractivity contribution in [1.29, 1.82) is 0 Å². The van der Waals surface area contributed by atoms with Crippen LogP contribution in [0.25, 0.3) is 11.0 Å². The topological polar surface area (TPSA) is 82.4 Å². The summed E-state index contributed by atoms with van der Waals surface area (Å²) in [4.78, 5) is 19.1. The van der Waals surface area contributed by atoms with E-state index < -0.39 is 23.1 Å². The van der Waals surface area contributed by atoms with Crippen molar-refractivity contribution in [3.63, 3.8) is 0 Å². The van der Waals surface area contributed by atoms with Gasteiger partial charge in [0.15, 0.2) is 5.82 Å². The van der Waals surface area contributed by atoms with Crippen molar-refractivity contribution in [1.82, 2.24) is 19.8 Å². The van der Waals surface area contributed by atoms with E-state index in [1.54, 1.807) is 13.1 Å². The van der Waals surface area contributed by atoms with Crippen LogP contribution in [0.2, 0.25) is 0 Å². The Bertz CT molecular complexity index is 1240. The van der Waals surface area contributed by atoms with E-state index in [2.05, 4.69) is 15.6 Å². The molecule has 0 saturated carbocycles. The maximum atomic E-state index is 15.6. The lowest BCUT2D eigenvalue weighted by molar-refractivity contribution is -0.108. The number of amides is 1. The van der Waals surface area contributed by atoms with Gasteiger partial charge in [0.25, 0.3) is 5.91 Å². The molecule has 2 saturated heterocycles. The van der Waals surface area contributed by atoms with Gasteiger partial charge < -0.3 is 25.2 Å². The van der Waals surface area contributed by atoms with E-state index in [1.807, 2.05) is 22.6 Å². The molecule has 0 spiro atoms. The molecule has 2 aliphatic heterocycles. The van der Waals surface area contributed by atoms with E-state index in [-0.39, 0.29) is 41.6 Å². The lowest BCUT2D eigenvalue weighted by Crippen LogP contribution is -2.72. The fourth-order valence-electron chi connectivity index (χ4n) is 4.74. The molecule has 0 radical (unpaired) electrons. The van der Waals surface area contributed by atoms with E-state index in [0.29, 0.717) is 9.09 Å². The highest BCUT2D eigenvalue weighted by molar-refractivity contribution is 14.1. The number of aromatic nitrogens is 2. The Labute approximate surface area is 203 Å². The zero-order valence-corrected chi connectivity index (χ0v) is 20.2. The maximum Gasteiger partial charge on any atom is 0.256 e. The Hall–Kier alpha value is -2.31. The number of aliphatic hydroxyl groups is 1. The second kappa shape index (κ2) is 8.48. The van der Waals surface area contributed by atoms with E-state index in [0.717, 1.165) is 25.8 Å². The Morgan fingerprint density at radius 2 is 2.09 bits per heavy atom. The van der Waals surface area contributed by atoms with Gasteiger partial charge in [-0.05, 0) is 66.2 Å². The predicted octanol–water partition coefficient (Wildman–Crippen LogP) is 3.53. The lowest BCUT2D eigenvalue weighted by atomic mass is 9.81. The molecule has 3 aromatic rings. The first-order valence-electron chi connectivity index (χ1n) is 10.9. The molecule has 1 aromatic heterocycles. The molecule has 3 heterocycles. The molecule has 3 N–H and O–H groups in total. The van der Waals surface area contributed by atoms with Gasteiger partial charge in [-0.3, -0.25) is 4.79 Å². The maximum absolute atomic E-state index is 15.6. The standard InChI is InChI=1S/C23H24F2IN5O2/c1-30-12-28-17-9-14(22(32)31-10-23(33,11-31)18-4-2-3-7-27-18)20(19(25)21(17)30)29-16-6-5-13(26)8-15(16)24/h5-6,8-9,12,18,27,29,33H,2-4,7,10-11H2,1H3/t18-/m0/s1. The van der Waals surface area contributed by atoms with Gasteiger partial charge in [0.2, 0.25) is 0 Å². The summed E-state index contributed by atoms with van der Waals surface area (Å²) >= 11 is 1.99. The summed E-state index contributed by atoms with van der Waals surface area (Å²) in [5.41, 5.74) is -0.447. The lowest BCUT2D eigenvalue weighted by Gasteiger charge is -2.51. The number of piperidine rings is 1. The van der Waals surface area contributed by atoms with Crippen LogP contribution in [0.4, 0.5) is 20.2 Å². The van der Waals surface area contributed by atoms with Crippen molar-refractivity contribution in [3.05, 3.63) is 51.4 Å². The van der Waals surface area contributed by atoms with Gasteiger partial charge in [0.05, 0.1) is 41.9 Å². The molecule has 1 amide bonds. The quantitative estimate of drug-likeness (QED) is 0.421. The molecule has 2 aliphatic rings. The summed E-state index contributed by atoms with van der Waals surface area (Å²) in [5.74, 6) is -1.67. The first-order chi connectivity index (χ1) is 15.8. The monoisotopic (exact) mass is 567 g/mol. The molecule has 33 heavy (non-hydrogen) atoms. The van der Waals surface area contributed by atoms with Gasteiger partial charge in [-0.2, -0.15) is 0 Å². The van der Waals surface area contributed by atoms with Gasteiger partial charge in [0.1, 0.15) is 16.9 Å². The molecular weight excluding hydrogens is 543 g/mol. The molecule has 10 heteroatoms. The highest BCUT2D eigenvalue weighted by atomic mass is 127. The molecule has 2 aromatic carbocycles. The average Bonchev–Trinajstić information content (AvgIpc) is 3.15. The number of benzene rings is 2. The summed E-state index contributed by atoms with van der Waals surface area (Å²) in [6.45, 7) is 1.16. The third-order valence-corrected chi connectivity index (χ3v) is 7.21. The first-order valence-corrected chi connectivity index (χ1v) is 12.0. The number of anilines is 2. The summed E-state index contributed by atoms with van der Waals surface area (Å²) < 4.78 is 32.4. The van der Waals surface area contributed by atoms with Crippen LogP contribution in [0.5, 0.6) is 0 Å². The van der Waals surface area contributed by atoms with Crippen LogP contribution in [0.15, 0.2) is 30.6 Å². The average molecular weight is 567 g/mol. The Morgan fingerprint density at radius 1 is 1.30 bits per heavy atom. The molecule has 0 unspecified atom stereocenters. The second-order valence-electron chi connectivity index (χ2n) is 8.85. The Morgan fingerprint density at radius 3 is 2.79 bits per heavy atom. The van der Waals surface area contributed by atoms with Crippen molar-refractivity contribution in [2.24, 2.45) is 7.05 Å². The fourth-order valence-corrected chi connectivity index (χ4v) is 5.20. The number of nitrogens with zero attached hydrogens (tertiary/aromatic N) is 3. The minimum atomic E-state index is -1.00. The third-order valence-electron chi connectivity index (χ3n) is 6.54. The number of likely N-dealkylation sites (tertiary alicyclic amines) is 1. The van der Waals surface area contributed by atoms with Crippen molar-refractivity contribution in [2.75, 3.05) is 25.0 Å². The van der Waals surface area contributed by atoms with Crippen LogP contribution in [0, 0.1) is 15.2 Å². The van der Waals surface area contributed by atoms with E-state index >= 15 is 4.39 Å². The second-order valence-corrected chi connectivity index (χ2v) is 10.1. The van der Waals surface area contributed by atoms with Crippen LogP contribution in [0.1, 0.15) is 29.6 Å². The number of carbonyl (C=O) groups is 1. The Balaban J connectivity index is 1.49. The number of halogens is 3. The predicted molar refractivity (Wildman–Crippen MR) is 130 cm³/mol. The fraction of sp³-hybridized carbons (Fsp3) is 0.391. The number of hydrogen-bond acceptors (Lipinski definition) is 5. The summed E-state index contributed by atoms with van der Waals surface area (Å²) in [6, 6.07) is 5.99. The van der Waals surface area contributed by atoms with Crippen LogP contribution in [0.3, 0.4) is 0 Å². The summed E-state index contributed by atoms with van der Waals surface area (Å²) in [6.07, 6.45) is 4.42. The smallest absolute Gasteiger partial charge is 0.256 e. The summed E-state index contributed by atoms with van der Waals surface area (Å²) in [5, 5.41) is 17.1. The highest BCUT2D eigenvalue weighted by Crippen LogP contribution is 2.36. The number of hydrogen-bond donors (Lipinski definition) is 3. The molecule has 5 rings (SSSR count). The van der Waals surface area contributed by atoms with Gasteiger partial charge >= 0.3 is 0 Å². The molecule has 1 atom stereocenters. The SMILES string of the molecule is Cn1cnc2cc(C(=O)N3CC(O)([C@@H]4CCCCN4)C3)c(Nc3ccc(I)cc3F)c(F)c21. The number of fused-ring (bicyclic) bond motifs is 1. The minimum absolute atomic E-state index is 0.0512. The summed E-state index contributed by atoms with van der Waals surface area (Å²) in [7, 11) is 1.65. The van der Waals surface area contributed by atoms with Gasteiger partial charge in [-0.1, -0.05) is 6.42 Å². The number of β-amino-alcohol motifs (C(OH)–C–C–N with tert-alkyl or cyclic N) is 1. The zero-order chi connectivity index (χ0) is 23.3. The number of carbonyl (C=O) groups excluding carboxylic acids is 1. The third kappa shape index (κ3) is 3.97. The van der Waals surface area contributed by atoms with Gasteiger partial charge in [-0.25, -0.2) is 13.8 Å². The van der Waals surface area contributed by atoms with Crippen molar-refractivity contribution < 1.29 is 18.7 Å². The van der Waals surface area contributed by atoms with Crippen molar-refractivity contribution >= 4 is 50.9 Å². The minimum Gasteiger partial charge on any atom is -0.385 e.